The second-order valence-corrected chi connectivity index (χ2v) is 4.39. The number of methoxy groups -OCH3 is 2. The molecule has 1 aromatic carbocycles. The second kappa shape index (κ2) is 6.13. The topological polar surface area (TPSA) is 80.4 Å². The Morgan fingerprint density at radius 2 is 1.86 bits per heavy atom. The van der Waals surface area contributed by atoms with Crippen LogP contribution in [0.4, 0.5) is 5.69 Å². The lowest BCUT2D eigenvalue weighted by atomic mass is 10.1. The van der Waals surface area contributed by atoms with Crippen LogP contribution in [0, 0.1) is 6.92 Å². The molecule has 1 amide bonds. The van der Waals surface area contributed by atoms with Gasteiger partial charge < -0.3 is 19.8 Å². The number of carbonyl (C=O) groups is 1. The summed E-state index contributed by atoms with van der Waals surface area (Å²) in [6, 6.07) is 6.65. The molecule has 0 saturated heterocycles. The summed E-state index contributed by atoms with van der Waals surface area (Å²) in [5, 5.41) is 2.67. The molecule has 0 saturated carbocycles. The van der Waals surface area contributed by atoms with Crippen LogP contribution < -0.4 is 20.3 Å². The Morgan fingerprint density at radius 1 is 1.14 bits per heavy atom. The van der Waals surface area contributed by atoms with Gasteiger partial charge in [0, 0.05) is 18.0 Å². The number of hydrogen-bond donors (Lipinski definition) is 2. The molecule has 0 atom stereocenters. The molecule has 0 bridgehead atoms. The first-order valence-corrected chi connectivity index (χ1v) is 6.28. The number of pyridine rings is 1. The van der Waals surface area contributed by atoms with E-state index in [2.05, 4.69) is 10.3 Å². The summed E-state index contributed by atoms with van der Waals surface area (Å²) in [6.45, 7) is 1.71. The zero-order valence-corrected chi connectivity index (χ0v) is 12.0. The SMILES string of the molecule is COc1ccc(NC(=O)c2c(C)cc[nH]c2=O)cc1OC. The Kier molecular flexibility index (Phi) is 4.27. The van der Waals surface area contributed by atoms with E-state index in [0.717, 1.165) is 0 Å². The van der Waals surface area contributed by atoms with Crippen LogP contribution in [0.25, 0.3) is 0 Å². The van der Waals surface area contributed by atoms with Crippen LogP contribution in [0.1, 0.15) is 15.9 Å². The van der Waals surface area contributed by atoms with Gasteiger partial charge in [-0.25, -0.2) is 0 Å². The standard InChI is InChI=1S/C15H16N2O4/c1-9-6-7-16-14(18)13(9)15(19)17-10-4-5-11(20-2)12(8-10)21-3/h4-8H,1-3H3,(H,16,18)(H,17,19). The quantitative estimate of drug-likeness (QED) is 0.901. The molecule has 0 aliphatic rings. The monoisotopic (exact) mass is 288 g/mol. The highest BCUT2D eigenvalue weighted by atomic mass is 16.5. The predicted octanol–water partition coefficient (Wildman–Crippen LogP) is 1.95. The molecule has 0 spiro atoms. The highest BCUT2D eigenvalue weighted by Crippen LogP contribution is 2.29. The van der Waals surface area contributed by atoms with E-state index in [1.807, 2.05) is 0 Å². The fourth-order valence-corrected chi connectivity index (χ4v) is 1.97. The summed E-state index contributed by atoms with van der Waals surface area (Å²) >= 11 is 0. The van der Waals surface area contributed by atoms with Crippen LogP contribution in [0.3, 0.4) is 0 Å². The smallest absolute Gasteiger partial charge is 0.261 e. The molecule has 0 fully saturated rings. The summed E-state index contributed by atoms with van der Waals surface area (Å²) in [5.74, 6) is 0.583. The van der Waals surface area contributed by atoms with E-state index in [1.165, 1.54) is 20.4 Å². The molecule has 1 aromatic heterocycles. The van der Waals surface area contributed by atoms with E-state index in [-0.39, 0.29) is 5.56 Å². The minimum Gasteiger partial charge on any atom is -0.493 e. The van der Waals surface area contributed by atoms with Crippen LogP contribution in [0.2, 0.25) is 0 Å². The van der Waals surface area contributed by atoms with Gasteiger partial charge in [0.2, 0.25) is 0 Å². The van der Waals surface area contributed by atoms with E-state index in [9.17, 15) is 9.59 Å². The third-order valence-electron chi connectivity index (χ3n) is 3.04. The van der Waals surface area contributed by atoms with Gasteiger partial charge in [0.1, 0.15) is 5.56 Å². The van der Waals surface area contributed by atoms with E-state index in [4.69, 9.17) is 9.47 Å². The van der Waals surface area contributed by atoms with Gasteiger partial charge in [0.05, 0.1) is 14.2 Å². The van der Waals surface area contributed by atoms with Gasteiger partial charge >= 0.3 is 0 Å². The number of nitrogens with one attached hydrogen (secondary N) is 2. The molecule has 2 aromatic rings. The van der Waals surface area contributed by atoms with E-state index in [1.54, 1.807) is 31.2 Å². The average molecular weight is 288 g/mol. The number of aryl methyl sites for hydroxylation is 1. The lowest BCUT2D eigenvalue weighted by molar-refractivity contribution is 0.102. The van der Waals surface area contributed by atoms with Gasteiger partial charge in [-0.2, -0.15) is 0 Å². The summed E-state index contributed by atoms with van der Waals surface area (Å²) < 4.78 is 10.3. The number of benzene rings is 1. The normalized spacial score (nSPS) is 10.0. The number of ether oxygens (including phenoxy) is 2. The minimum absolute atomic E-state index is 0.0901. The molecule has 2 rings (SSSR count). The lowest BCUT2D eigenvalue weighted by Gasteiger charge is -2.11. The maximum absolute atomic E-state index is 12.2. The van der Waals surface area contributed by atoms with Crippen LogP contribution in [0.5, 0.6) is 11.5 Å². The van der Waals surface area contributed by atoms with Crippen molar-refractivity contribution in [3.63, 3.8) is 0 Å². The van der Waals surface area contributed by atoms with Crippen LogP contribution >= 0.6 is 0 Å². The first-order valence-electron chi connectivity index (χ1n) is 6.28. The van der Waals surface area contributed by atoms with E-state index in [0.29, 0.717) is 22.7 Å². The van der Waals surface area contributed by atoms with Crippen molar-refractivity contribution >= 4 is 11.6 Å². The van der Waals surface area contributed by atoms with Gasteiger partial charge in [-0.3, -0.25) is 9.59 Å². The van der Waals surface area contributed by atoms with Crippen LogP contribution in [-0.4, -0.2) is 25.1 Å². The molecule has 0 radical (unpaired) electrons. The number of carbonyl (C=O) groups excluding carboxylic acids is 1. The van der Waals surface area contributed by atoms with Crippen molar-refractivity contribution in [1.29, 1.82) is 0 Å². The molecule has 0 aliphatic carbocycles. The number of aromatic amines is 1. The first kappa shape index (κ1) is 14.6. The third kappa shape index (κ3) is 3.05. The van der Waals surface area contributed by atoms with Crippen molar-refractivity contribution in [1.82, 2.24) is 4.98 Å². The van der Waals surface area contributed by atoms with Gasteiger partial charge in [-0.15, -0.1) is 0 Å². The maximum atomic E-state index is 12.2. The fraction of sp³-hybridized carbons (Fsp3) is 0.200. The number of aromatic nitrogens is 1. The molecule has 1 heterocycles. The predicted molar refractivity (Wildman–Crippen MR) is 79.3 cm³/mol. The van der Waals surface area contributed by atoms with Gasteiger partial charge in [-0.1, -0.05) is 0 Å². The van der Waals surface area contributed by atoms with E-state index >= 15 is 0 Å². The zero-order valence-electron chi connectivity index (χ0n) is 12.0. The zero-order chi connectivity index (χ0) is 15.4. The molecular formula is C15H16N2O4. The van der Waals surface area contributed by atoms with Gasteiger partial charge in [-0.05, 0) is 30.7 Å². The maximum Gasteiger partial charge on any atom is 0.261 e. The molecule has 0 aliphatic heterocycles. The van der Waals surface area contributed by atoms with Crippen molar-refractivity contribution < 1.29 is 14.3 Å². The average Bonchev–Trinajstić information content (AvgIpc) is 2.46. The number of rotatable bonds is 4. The van der Waals surface area contributed by atoms with E-state index < -0.39 is 11.5 Å². The largest absolute Gasteiger partial charge is 0.493 e. The molecule has 6 heteroatoms. The highest BCUT2D eigenvalue weighted by molar-refractivity contribution is 6.05. The Morgan fingerprint density at radius 3 is 2.48 bits per heavy atom. The minimum atomic E-state index is -0.471. The van der Waals surface area contributed by atoms with Crippen molar-refractivity contribution in [2.45, 2.75) is 6.92 Å². The van der Waals surface area contributed by atoms with Crippen molar-refractivity contribution in [2.24, 2.45) is 0 Å². The summed E-state index contributed by atoms with van der Waals surface area (Å²) in [5.41, 5.74) is 0.789. The Balaban J connectivity index is 2.30. The highest BCUT2D eigenvalue weighted by Gasteiger charge is 2.14. The number of H-pyrrole nitrogens is 1. The number of anilines is 1. The summed E-state index contributed by atoms with van der Waals surface area (Å²) in [7, 11) is 3.04. The Bertz CT molecular complexity index is 722. The third-order valence-corrected chi connectivity index (χ3v) is 3.04. The molecule has 110 valence electrons. The lowest BCUT2D eigenvalue weighted by Crippen LogP contribution is -2.24. The van der Waals surface area contributed by atoms with Crippen molar-refractivity contribution in [3.05, 3.63) is 51.9 Å². The Hall–Kier alpha value is -2.76. The van der Waals surface area contributed by atoms with Crippen LogP contribution in [0.15, 0.2) is 35.3 Å². The molecule has 2 N–H and O–H groups in total. The molecular weight excluding hydrogens is 272 g/mol. The molecule has 6 nitrogen and oxygen atoms in total. The number of hydrogen-bond acceptors (Lipinski definition) is 4. The first-order chi connectivity index (χ1) is 10.1. The fourth-order valence-electron chi connectivity index (χ4n) is 1.97. The molecule has 21 heavy (non-hydrogen) atoms. The second-order valence-electron chi connectivity index (χ2n) is 4.39. The Labute approximate surface area is 121 Å². The van der Waals surface area contributed by atoms with Crippen LogP contribution in [-0.2, 0) is 0 Å². The summed E-state index contributed by atoms with van der Waals surface area (Å²) in [4.78, 5) is 26.4. The van der Waals surface area contributed by atoms with Crippen molar-refractivity contribution in [3.8, 4) is 11.5 Å². The number of amides is 1. The summed E-state index contributed by atoms with van der Waals surface area (Å²) in [6.07, 6.45) is 1.50. The van der Waals surface area contributed by atoms with Gasteiger partial charge in [0.15, 0.2) is 11.5 Å². The molecule has 0 unspecified atom stereocenters. The van der Waals surface area contributed by atoms with Gasteiger partial charge in [0.25, 0.3) is 11.5 Å². The van der Waals surface area contributed by atoms with Crippen molar-refractivity contribution in [2.75, 3.05) is 19.5 Å².